The first-order valence-electron chi connectivity index (χ1n) is 9.12. The first kappa shape index (κ1) is 19.8. The summed E-state index contributed by atoms with van der Waals surface area (Å²) >= 11 is 0. The second-order valence-corrected chi connectivity index (χ2v) is 6.47. The lowest BCUT2D eigenvalue weighted by atomic mass is 10.0. The predicted octanol–water partition coefficient (Wildman–Crippen LogP) is 2.50. The van der Waals surface area contributed by atoms with Gasteiger partial charge >= 0.3 is 0 Å². The molecule has 0 saturated carbocycles. The molecule has 3 amide bonds. The van der Waals surface area contributed by atoms with Gasteiger partial charge in [0.15, 0.2) is 0 Å². The van der Waals surface area contributed by atoms with Gasteiger partial charge in [-0.3, -0.25) is 14.4 Å². The van der Waals surface area contributed by atoms with Crippen molar-refractivity contribution in [3.8, 4) is 11.1 Å². The SMILES string of the molecule is NC(=O)c1cccc(CNC(=O)CNC(=O)c2ccc(-c3ccccc3)cc2)c1. The smallest absolute Gasteiger partial charge is 0.251 e. The van der Waals surface area contributed by atoms with Gasteiger partial charge in [0.25, 0.3) is 5.91 Å². The van der Waals surface area contributed by atoms with Crippen LogP contribution >= 0.6 is 0 Å². The Bertz CT molecular complexity index is 1020. The van der Waals surface area contributed by atoms with Crippen molar-refractivity contribution in [3.05, 3.63) is 95.6 Å². The van der Waals surface area contributed by atoms with E-state index in [1.165, 1.54) is 0 Å². The van der Waals surface area contributed by atoms with Crippen LogP contribution in [0.1, 0.15) is 26.3 Å². The molecular formula is C23H21N3O3. The summed E-state index contributed by atoms with van der Waals surface area (Å²) in [6.45, 7) is 0.0936. The van der Waals surface area contributed by atoms with E-state index in [2.05, 4.69) is 10.6 Å². The van der Waals surface area contributed by atoms with Gasteiger partial charge in [-0.1, -0.05) is 54.6 Å². The molecule has 0 spiro atoms. The molecule has 0 aromatic heterocycles. The minimum atomic E-state index is -0.524. The summed E-state index contributed by atoms with van der Waals surface area (Å²) in [6.07, 6.45) is 0. The number of rotatable bonds is 7. The van der Waals surface area contributed by atoms with Gasteiger partial charge in [0.05, 0.1) is 6.54 Å². The molecule has 6 nitrogen and oxygen atoms in total. The Morgan fingerprint density at radius 1 is 0.724 bits per heavy atom. The molecular weight excluding hydrogens is 366 g/mol. The van der Waals surface area contributed by atoms with Crippen LogP contribution < -0.4 is 16.4 Å². The Morgan fingerprint density at radius 2 is 1.41 bits per heavy atom. The molecule has 0 aliphatic rings. The van der Waals surface area contributed by atoms with Gasteiger partial charge in [-0.2, -0.15) is 0 Å². The summed E-state index contributed by atoms with van der Waals surface area (Å²) in [5, 5.41) is 5.30. The third kappa shape index (κ3) is 5.52. The van der Waals surface area contributed by atoms with Crippen molar-refractivity contribution in [1.29, 1.82) is 0 Å². The van der Waals surface area contributed by atoms with E-state index in [9.17, 15) is 14.4 Å². The number of hydrogen-bond acceptors (Lipinski definition) is 3. The predicted molar refractivity (Wildman–Crippen MR) is 111 cm³/mol. The van der Waals surface area contributed by atoms with Crippen molar-refractivity contribution in [3.63, 3.8) is 0 Å². The fourth-order valence-electron chi connectivity index (χ4n) is 2.80. The van der Waals surface area contributed by atoms with E-state index in [0.717, 1.165) is 16.7 Å². The van der Waals surface area contributed by atoms with Gasteiger partial charge in [-0.15, -0.1) is 0 Å². The van der Waals surface area contributed by atoms with Crippen LogP contribution in [-0.4, -0.2) is 24.3 Å². The van der Waals surface area contributed by atoms with Crippen molar-refractivity contribution >= 4 is 17.7 Å². The van der Waals surface area contributed by atoms with Crippen LogP contribution in [0.4, 0.5) is 0 Å². The molecule has 3 aromatic carbocycles. The second kappa shape index (κ2) is 9.32. The standard InChI is InChI=1S/C23H21N3O3/c24-22(28)20-8-4-5-16(13-20)14-25-21(27)15-26-23(29)19-11-9-18(10-12-19)17-6-2-1-3-7-17/h1-13H,14-15H2,(H2,24,28)(H,25,27)(H,26,29). The Labute approximate surface area is 168 Å². The maximum absolute atomic E-state index is 12.2. The fourth-order valence-corrected chi connectivity index (χ4v) is 2.80. The van der Waals surface area contributed by atoms with Crippen LogP contribution in [0.25, 0.3) is 11.1 Å². The largest absolute Gasteiger partial charge is 0.366 e. The Morgan fingerprint density at radius 3 is 2.10 bits per heavy atom. The second-order valence-electron chi connectivity index (χ2n) is 6.47. The number of carbonyl (C=O) groups excluding carboxylic acids is 3. The van der Waals surface area contributed by atoms with E-state index in [-0.39, 0.29) is 24.9 Å². The lowest BCUT2D eigenvalue weighted by Crippen LogP contribution is -2.36. The van der Waals surface area contributed by atoms with E-state index in [0.29, 0.717) is 11.1 Å². The van der Waals surface area contributed by atoms with Crippen LogP contribution in [0.15, 0.2) is 78.9 Å². The highest BCUT2D eigenvalue weighted by Crippen LogP contribution is 2.19. The highest BCUT2D eigenvalue weighted by atomic mass is 16.2. The van der Waals surface area contributed by atoms with Crippen molar-refractivity contribution in [2.24, 2.45) is 5.73 Å². The Kier molecular flexibility index (Phi) is 6.37. The number of amides is 3. The zero-order valence-corrected chi connectivity index (χ0v) is 15.7. The molecule has 0 aliphatic heterocycles. The zero-order chi connectivity index (χ0) is 20.6. The number of nitrogens with one attached hydrogen (secondary N) is 2. The highest BCUT2D eigenvalue weighted by Gasteiger charge is 2.09. The molecule has 0 aliphatic carbocycles. The van der Waals surface area contributed by atoms with Crippen molar-refractivity contribution < 1.29 is 14.4 Å². The third-order valence-corrected chi connectivity index (χ3v) is 4.36. The minimum Gasteiger partial charge on any atom is -0.366 e. The number of benzene rings is 3. The quantitative estimate of drug-likeness (QED) is 0.580. The molecule has 146 valence electrons. The third-order valence-electron chi connectivity index (χ3n) is 4.36. The Hall–Kier alpha value is -3.93. The summed E-state index contributed by atoms with van der Waals surface area (Å²) in [6, 6.07) is 23.8. The number of nitrogens with two attached hydrogens (primary N) is 1. The molecule has 0 atom stereocenters. The van der Waals surface area contributed by atoms with Gasteiger partial charge in [-0.05, 0) is 41.0 Å². The lowest BCUT2D eigenvalue weighted by molar-refractivity contribution is -0.120. The minimum absolute atomic E-state index is 0.144. The van der Waals surface area contributed by atoms with E-state index in [1.54, 1.807) is 36.4 Å². The van der Waals surface area contributed by atoms with E-state index in [1.807, 2.05) is 42.5 Å². The van der Waals surface area contributed by atoms with Crippen molar-refractivity contribution in [2.75, 3.05) is 6.54 Å². The summed E-state index contributed by atoms with van der Waals surface area (Å²) in [7, 11) is 0. The summed E-state index contributed by atoms with van der Waals surface area (Å²) in [5.74, 6) is -1.18. The van der Waals surface area contributed by atoms with Crippen molar-refractivity contribution in [2.45, 2.75) is 6.54 Å². The maximum atomic E-state index is 12.2. The maximum Gasteiger partial charge on any atom is 0.251 e. The highest BCUT2D eigenvalue weighted by molar-refractivity contribution is 5.97. The molecule has 0 bridgehead atoms. The van der Waals surface area contributed by atoms with Crippen LogP contribution in [0.5, 0.6) is 0 Å². The summed E-state index contributed by atoms with van der Waals surface area (Å²) in [4.78, 5) is 35.4. The van der Waals surface area contributed by atoms with Gasteiger partial charge < -0.3 is 16.4 Å². The van der Waals surface area contributed by atoms with Crippen LogP contribution in [-0.2, 0) is 11.3 Å². The topological polar surface area (TPSA) is 101 Å². The van der Waals surface area contributed by atoms with E-state index >= 15 is 0 Å². The van der Waals surface area contributed by atoms with E-state index in [4.69, 9.17) is 5.73 Å². The van der Waals surface area contributed by atoms with Gasteiger partial charge in [0.1, 0.15) is 0 Å². The van der Waals surface area contributed by atoms with Gasteiger partial charge in [-0.25, -0.2) is 0 Å². The average molecular weight is 387 g/mol. The molecule has 0 fully saturated rings. The van der Waals surface area contributed by atoms with E-state index < -0.39 is 5.91 Å². The molecule has 0 heterocycles. The number of hydrogen-bond donors (Lipinski definition) is 3. The molecule has 0 saturated heterocycles. The lowest BCUT2D eigenvalue weighted by Gasteiger charge is -2.08. The first-order chi connectivity index (χ1) is 14.0. The number of primary amides is 1. The first-order valence-corrected chi connectivity index (χ1v) is 9.12. The van der Waals surface area contributed by atoms with Gasteiger partial charge in [0.2, 0.25) is 11.8 Å². The fraction of sp³-hybridized carbons (Fsp3) is 0.0870. The zero-order valence-electron chi connectivity index (χ0n) is 15.7. The normalized spacial score (nSPS) is 10.2. The summed E-state index contributed by atoms with van der Waals surface area (Å²) < 4.78 is 0. The van der Waals surface area contributed by atoms with Gasteiger partial charge in [0, 0.05) is 17.7 Å². The number of carbonyl (C=O) groups is 3. The molecule has 0 radical (unpaired) electrons. The van der Waals surface area contributed by atoms with Crippen LogP contribution in [0, 0.1) is 0 Å². The molecule has 0 unspecified atom stereocenters. The molecule has 3 rings (SSSR count). The molecule has 3 aromatic rings. The molecule has 29 heavy (non-hydrogen) atoms. The van der Waals surface area contributed by atoms with Crippen LogP contribution in [0.2, 0.25) is 0 Å². The van der Waals surface area contributed by atoms with Crippen molar-refractivity contribution in [1.82, 2.24) is 10.6 Å². The monoisotopic (exact) mass is 387 g/mol. The van der Waals surface area contributed by atoms with Crippen LogP contribution in [0.3, 0.4) is 0 Å². The summed E-state index contributed by atoms with van der Waals surface area (Å²) in [5.41, 5.74) is 8.93. The Balaban J connectivity index is 1.49. The average Bonchev–Trinajstić information content (AvgIpc) is 2.77. The molecule has 6 heteroatoms. The molecule has 4 N–H and O–H groups in total.